The molecule has 2 amide bonds. The van der Waals surface area contributed by atoms with Gasteiger partial charge >= 0.3 is 6.03 Å². The fraction of sp³-hybridized carbons (Fsp3) is 0.350. The summed E-state index contributed by atoms with van der Waals surface area (Å²) in [6.45, 7) is 5.37. The van der Waals surface area contributed by atoms with Crippen molar-refractivity contribution < 1.29 is 19.0 Å². The summed E-state index contributed by atoms with van der Waals surface area (Å²) in [6.07, 6.45) is 0. The molecule has 6 heteroatoms. The Kier molecular flexibility index (Phi) is 5.21. The first-order valence-corrected chi connectivity index (χ1v) is 8.53. The topological polar surface area (TPSA) is 68.8 Å². The van der Waals surface area contributed by atoms with Gasteiger partial charge in [0, 0.05) is 18.5 Å². The van der Waals surface area contributed by atoms with Gasteiger partial charge in [-0.2, -0.15) is 0 Å². The highest BCUT2D eigenvalue weighted by atomic mass is 16.7. The van der Waals surface area contributed by atoms with E-state index in [1.807, 2.05) is 42.5 Å². The zero-order valence-electron chi connectivity index (χ0n) is 15.3. The number of carbonyl (C=O) groups excluding carboxylic acids is 1. The van der Waals surface area contributed by atoms with Crippen LogP contribution in [0.5, 0.6) is 17.2 Å². The van der Waals surface area contributed by atoms with E-state index in [1.165, 1.54) is 0 Å². The normalized spacial score (nSPS) is 12.6. The van der Waals surface area contributed by atoms with E-state index in [2.05, 4.69) is 24.5 Å². The van der Waals surface area contributed by atoms with E-state index >= 15 is 0 Å². The van der Waals surface area contributed by atoms with E-state index in [1.54, 1.807) is 7.11 Å². The molecule has 0 saturated heterocycles. The molecule has 0 spiro atoms. The fourth-order valence-electron chi connectivity index (χ4n) is 2.71. The third-order valence-corrected chi connectivity index (χ3v) is 4.46. The average Bonchev–Trinajstić information content (AvgIpc) is 3.13. The predicted octanol–water partition coefficient (Wildman–Crippen LogP) is 3.20. The van der Waals surface area contributed by atoms with Gasteiger partial charge in [0.1, 0.15) is 5.75 Å². The SMILES string of the molecule is COc1ccc(CNC(=O)NCC(C)(C)c2ccc3c(c2)OCO3)cc1. The molecular formula is C20H24N2O4. The molecule has 0 aliphatic carbocycles. The number of fused-ring (bicyclic) bond motifs is 1. The number of amides is 2. The fourth-order valence-corrected chi connectivity index (χ4v) is 2.71. The van der Waals surface area contributed by atoms with Gasteiger partial charge in [0.15, 0.2) is 11.5 Å². The number of urea groups is 1. The Balaban J connectivity index is 1.51. The van der Waals surface area contributed by atoms with Crippen LogP contribution in [0, 0.1) is 0 Å². The lowest BCUT2D eigenvalue weighted by molar-refractivity contribution is 0.174. The van der Waals surface area contributed by atoms with Gasteiger partial charge in [0.25, 0.3) is 0 Å². The molecule has 1 heterocycles. The van der Waals surface area contributed by atoms with Crippen LogP contribution in [-0.2, 0) is 12.0 Å². The second-order valence-electron chi connectivity index (χ2n) is 6.84. The molecule has 2 N–H and O–H groups in total. The van der Waals surface area contributed by atoms with Gasteiger partial charge in [-0.1, -0.05) is 32.0 Å². The summed E-state index contributed by atoms with van der Waals surface area (Å²) in [4.78, 5) is 12.1. The molecule has 2 aromatic rings. The zero-order chi connectivity index (χ0) is 18.6. The van der Waals surface area contributed by atoms with Gasteiger partial charge in [-0.05, 0) is 35.4 Å². The number of ether oxygens (including phenoxy) is 3. The Labute approximate surface area is 153 Å². The van der Waals surface area contributed by atoms with Crippen LogP contribution in [0.2, 0.25) is 0 Å². The zero-order valence-corrected chi connectivity index (χ0v) is 15.3. The van der Waals surface area contributed by atoms with Crippen LogP contribution in [0.3, 0.4) is 0 Å². The summed E-state index contributed by atoms with van der Waals surface area (Å²) in [6, 6.07) is 13.3. The van der Waals surface area contributed by atoms with Crippen LogP contribution in [-0.4, -0.2) is 26.5 Å². The summed E-state index contributed by atoms with van der Waals surface area (Å²) in [5, 5.41) is 5.80. The van der Waals surface area contributed by atoms with Crippen molar-refractivity contribution in [2.75, 3.05) is 20.4 Å². The Morgan fingerprint density at radius 2 is 1.81 bits per heavy atom. The maximum atomic E-state index is 12.1. The van der Waals surface area contributed by atoms with Crippen molar-refractivity contribution in [1.82, 2.24) is 10.6 Å². The largest absolute Gasteiger partial charge is 0.497 e. The summed E-state index contributed by atoms with van der Waals surface area (Å²) in [7, 11) is 1.63. The van der Waals surface area contributed by atoms with Crippen molar-refractivity contribution in [3.05, 3.63) is 53.6 Å². The molecule has 26 heavy (non-hydrogen) atoms. The first-order valence-electron chi connectivity index (χ1n) is 8.53. The first kappa shape index (κ1) is 17.9. The molecule has 0 bridgehead atoms. The summed E-state index contributed by atoms with van der Waals surface area (Å²) >= 11 is 0. The quantitative estimate of drug-likeness (QED) is 0.834. The van der Waals surface area contributed by atoms with Gasteiger partial charge in [-0.15, -0.1) is 0 Å². The maximum Gasteiger partial charge on any atom is 0.315 e. The highest BCUT2D eigenvalue weighted by molar-refractivity contribution is 5.74. The van der Waals surface area contributed by atoms with Crippen LogP contribution in [0.4, 0.5) is 4.79 Å². The lowest BCUT2D eigenvalue weighted by Crippen LogP contribution is -2.42. The number of carbonyl (C=O) groups is 1. The Hall–Kier alpha value is -2.89. The Morgan fingerprint density at radius 1 is 1.08 bits per heavy atom. The molecule has 6 nitrogen and oxygen atoms in total. The van der Waals surface area contributed by atoms with Crippen LogP contribution < -0.4 is 24.8 Å². The monoisotopic (exact) mass is 356 g/mol. The number of benzene rings is 2. The van der Waals surface area contributed by atoms with E-state index in [9.17, 15) is 4.79 Å². The molecule has 0 saturated carbocycles. The molecular weight excluding hydrogens is 332 g/mol. The van der Waals surface area contributed by atoms with Gasteiger partial charge in [-0.3, -0.25) is 0 Å². The number of hydrogen-bond acceptors (Lipinski definition) is 4. The van der Waals surface area contributed by atoms with Crippen LogP contribution in [0.25, 0.3) is 0 Å². The summed E-state index contributed by atoms with van der Waals surface area (Å²) in [5.41, 5.74) is 1.85. The van der Waals surface area contributed by atoms with Gasteiger partial charge in [-0.25, -0.2) is 4.79 Å². The number of nitrogens with one attached hydrogen (secondary N) is 2. The molecule has 0 radical (unpaired) electrons. The molecule has 0 atom stereocenters. The van der Waals surface area contributed by atoms with E-state index in [0.717, 1.165) is 28.4 Å². The van der Waals surface area contributed by atoms with Gasteiger partial charge in [0.2, 0.25) is 6.79 Å². The molecule has 0 aromatic heterocycles. The van der Waals surface area contributed by atoms with Crippen molar-refractivity contribution in [3.63, 3.8) is 0 Å². The lowest BCUT2D eigenvalue weighted by atomic mass is 9.84. The van der Waals surface area contributed by atoms with Crippen LogP contribution in [0.1, 0.15) is 25.0 Å². The van der Waals surface area contributed by atoms with Crippen molar-refractivity contribution in [2.24, 2.45) is 0 Å². The molecule has 1 aliphatic heterocycles. The van der Waals surface area contributed by atoms with E-state index < -0.39 is 0 Å². The summed E-state index contributed by atoms with van der Waals surface area (Å²) < 4.78 is 15.9. The average molecular weight is 356 g/mol. The summed E-state index contributed by atoms with van der Waals surface area (Å²) in [5.74, 6) is 2.30. The second kappa shape index (κ2) is 7.56. The molecule has 3 rings (SSSR count). The highest BCUT2D eigenvalue weighted by Gasteiger charge is 2.24. The first-order chi connectivity index (χ1) is 12.5. The number of rotatable bonds is 6. The smallest absolute Gasteiger partial charge is 0.315 e. The molecule has 138 valence electrons. The minimum Gasteiger partial charge on any atom is -0.497 e. The Morgan fingerprint density at radius 3 is 2.54 bits per heavy atom. The minimum atomic E-state index is -0.238. The lowest BCUT2D eigenvalue weighted by Gasteiger charge is -2.26. The van der Waals surface area contributed by atoms with Gasteiger partial charge < -0.3 is 24.8 Å². The molecule has 0 fully saturated rings. The maximum absolute atomic E-state index is 12.1. The van der Waals surface area contributed by atoms with Gasteiger partial charge in [0.05, 0.1) is 7.11 Å². The molecule has 0 unspecified atom stereocenters. The minimum absolute atomic E-state index is 0.199. The van der Waals surface area contributed by atoms with Crippen LogP contribution >= 0.6 is 0 Å². The molecule has 1 aliphatic rings. The number of methoxy groups -OCH3 is 1. The van der Waals surface area contributed by atoms with Crippen molar-refractivity contribution in [1.29, 1.82) is 0 Å². The highest BCUT2D eigenvalue weighted by Crippen LogP contribution is 2.36. The number of hydrogen-bond donors (Lipinski definition) is 2. The van der Waals surface area contributed by atoms with E-state index in [4.69, 9.17) is 14.2 Å². The van der Waals surface area contributed by atoms with Crippen molar-refractivity contribution in [2.45, 2.75) is 25.8 Å². The third-order valence-electron chi connectivity index (χ3n) is 4.46. The van der Waals surface area contributed by atoms with E-state index in [-0.39, 0.29) is 18.2 Å². The van der Waals surface area contributed by atoms with Crippen molar-refractivity contribution in [3.8, 4) is 17.2 Å². The second-order valence-corrected chi connectivity index (χ2v) is 6.84. The molecule has 2 aromatic carbocycles. The van der Waals surface area contributed by atoms with E-state index in [0.29, 0.717) is 13.1 Å². The third kappa shape index (κ3) is 4.20. The Bertz CT molecular complexity index is 772. The standard InChI is InChI=1S/C20H24N2O4/c1-20(2,15-6-9-17-18(10-15)26-13-25-17)12-22-19(23)21-11-14-4-7-16(24-3)8-5-14/h4-10H,11-13H2,1-3H3,(H2,21,22,23). The predicted molar refractivity (Wildman–Crippen MR) is 98.8 cm³/mol. The van der Waals surface area contributed by atoms with Crippen molar-refractivity contribution >= 4 is 6.03 Å². The van der Waals surface area contributed by atoms with Crippen LogP contribution in [0.15, 0.2) is 42.5 Å².